The molecule has 2 aromatic carbocycles. The van der Waals surface area contributed by atoms with Crippen molar-refractivity contribution in [1.29, 1.82) is 5.26 Å². The third-order valence-corrected chi connectivity index (χ3v) is 3.34. The van der Waals surface area contributed by atoms with Gasteiger partial charge in [0, 0.05) is 0 Å². The van der Waals surface area contributed by atoms with Crippen molar-refractivity contribution in [3.63, 3.8) is 0 Å². The van der Waals surface area contributed by atoms with Crippen molar-refractivity contribution in [1.82, 2.24) is 0 Å². The highest BCUT2D eigenvalue weighted by Crippen LogP contribution is 2.20. The smallest absolute Gasteiger partial charge is 0.338 e. The number of hydrogen-bond acceptors (Lipinski definition) is 4. The Morgan fingerprint density at radius 3 is 2.65 bits per heavy atom. The van der Waals surface area contributed by atoms with Crippen LogP contribution in [0.3, 0.4) is 0 Å². The van der Waals surface area contributed by atoms with E-state index in [2.05, 4.69) is 5.32 Å². The Hall–Kier alpha value is -2.84. The molecule has 1 amide bonds. The molecule has 6 heteroatoms. The van der Waals surface area contributed by atoms with Gasteiger partial charge in [-0.05, 0) is 37.3 Å². The third-order valence-electron chi connectivity index (χ3n) is 3.01. The van der Waals surface area contributed by atoms with Crippen LogP contribution in [0.25, 0.3) is 0 Å². The van der Waals surface area contributed by atoms with Crippen LogP contribution in [0.1, 0.15) is 22.8 Å². The molecule has 0 radical (unpaired) electrons. The molecule has 0 aliphatic carbocycles. The Morgan fingerprint density at radius 1 is 1.22 bits per heavy atom. The molecule has 23 heavy (non-hydrogen) atoms. The summed E-state index contributed by atoms with van der Waals surface area (Å²) in [6, 6.07) is 14.8. The molecule has 116 valence electrons. The van der Waals surface area contributed by atoms with Gasteiger partial charge in [0.15, 0.2) is 6.10 Å². The average Bonchev–Trinajstić information content (AvgIpc) is 2.56. The molecule has 5 nitrogen and oxygen atoms in total. The highest BCUT2D eigenvalue weighted by Gasteiger charge is 2.19. The van der Waals surface area contributed by atoms with Crippen LogP contribution >= 0.6 is 11.6 Å². The van der Waals surface area contributed by atoms with E-state index >= 15 is 0 Å². The average molecular weight is 329 g/mol. The Balaban J connectivity index is 2.02. The summed E-state index contributed by atoms with van der Waals surface area (Å²) in [6.07, 6.45) is -1.01. The number of nitrogens with one attached hydrogen (secondary N) is 1. The summed E-state index contributed by atoms with van der Waals surface area (Å²) in [7, 11) is 0. The lowest BCUT2D eigenvalue weighted by Gasteiger charge is -2.14. The van der Waals surface area contributed by atoms with Gasteiger partial charge in [-0.2, -0.15) is 5.26 Å². The molecule has 2 aromatic rings. The monoisotopic (exact) mass is 328 g/mol. The van der Waals surface area contributed by atoms with Gasteiger partial charge < -0.3 is 10.1 Å². The number of anilines is 1. The largest absolute Gasteiger partial charge is 0.449 e. The summed E-state index contributed by atoms with van der Waals surface area (Å²) >= 11 is 5.95. The van der Waals surface area contributed by atoms with Crippen LogP contribution in [0, 0.1) is 11.3 Å². The van der Waals surface area contributed by atoms with Crippen LogP contribution in [0.2, 0.25) is 5.02 Å². The fourth-order valence-electron chi connectivity index (χ4n) is 1.79. The minimum atomic E-state index is -1.01. The number of amides is 1. The molecule has 0 unspecified atom stereocenters. The standard InChI is InChI=1S/C17H13ClN2O3/c1-11(16(21)20-15-8-3-2-7-14(15)18)23-17(22)13-6-4-5-12(9-13)10-19/h2-9,11H,1H3,(H,20,21)/t11-/m1/s1. The number of carbonyl (C=O) groups excluding carboxylic acids is 2. The SMILES string of the molecule is C[C@@H](OC(=O)c1cccc(C#N)c1)C(=O)Nc1ccccc1Cl. The number of carbonyl (C=O) groups is 2. The zero-order valence-corrected chi connectivity index (χ0v) is 13.0. The number of ether oxygens (including phenoxy) is 1. The van der Waals surface area contributed by atoms with Crippen LogP contribution < -0.4 is 5.32 Å². The first-order chi connectivity index (χ1) is 11.0. The molecule has 0 saturated carbocycles. The van der Waals surface area contributed by atoms with E-state index in [9.17, 15) is 9.59 Å². The van der Waals surface area contributed by atoms with Crippen molar-refractivity contribution in [3.8, 4) is 6.07 Å². The number of para-hydroxylation sites is 1. The molecule has 0 bridgehead atoms. The second-order valence-corrected chi connectivity index (χ2v) is 5.12. The van der Waals surface area contributed by atoms with Crippen molar-refractivity contribution in [2.24, 2.45) is 0 Å². The minimum absolute atomic E-state index is 0.210. The summed E-state index contributed by atoms with van der Waals surface area (Å²) in [4.78, 5) is 24.1. The van der Waals surface area contributed by atoms with Crippen LogP contribution in [-0.2, 0) is 9.53 Å². The molecule has 0 aromatic heterocycles. The topological polar surface area (TPSA) is 79.2 Å². The number of benzene rings is 2. The fourth-order valence-corrected chi connectivity index (χ4v) is 1.98. The third kappa shape index (κ3) is 4.31. The minimum Gasteiger partial charge on any atom is -0.449 e. The van der Waals surface area contributed by atoms with Crippen LogP contribution in [-0.4, -0.2) is 18.0 Å². The first-order valence-corrected chi connectivity index (χ1v) is 7.15. The van der Waals surface area contributed by atoms with E-state index in [1.54, 1.807) is 36.4 Å². The summed E-state index contributed by atoms with van der Waals surface area (Å²) in [5.74, 6) is -1.17. The molecule has 0 aliphatic heterocycles. The maximum atomic E-state index is 12.1. The lowest BCUT2D eigenvalue weighted by atomic mass is 10.1. The molecule has 1 atom stereocenters. The van der Waals surface area contributed by atoms with E-state index in [1.165, 1.54) is 19.1 Å². The van der Waals surface area contributed by atoms with Crippen molar-refractivity contribution in [2.75, 3.05) is 5.32 Å². The van der Waals surface area contributed by atoms with Crippen molar-refractivity contribution < 1.29 is 14.3 Å². The first kappa shape index (κ1) is 16.5. The summed E-state index contributed by atoms with van der Waals surface area (Å²) in [6.45, 7) is 1.46. The number of nitriles is 1. The number of halogens is 1. The molecule has 0 heterocycles. The van der Waals surface area contributed by atoms with Crippen LogP contribution in [0.15, 0.2) is 48.5 Å². The van der Waals surface area contributed by atoms with E-state index in [1.807, 2.05) is 6.07 Å². The molecule has 0 fully saturated rings. The van der Waals surface area contributed by atoms with Gasteiger partial charge in [-0.1, -0.05) is 29.8 Å². The second-order valence-electron chi connectivity index (χ2n) is 4.71. The Labute approximate surface area is 138 Å². The number of esters is 1. The first-order valence-electron chi connectivity index (χ1n) is 6.78. The van der Waals surface area contributed by atoms with Crippen molar-refractivity contribution in [2.45, 2.75) is 13.0 Å². The lowest BCUT2D eigenvalue weighted by Crippen LogP contribution is -2.30. The van der Waals surface area contributed by atoms with E-state index in [4.69, 9.17) is 21.6 Å². The molecule has 0 aliphatic rings. The molecular weight excluding hydrogens is 316 g/mol. The second kappa shape index (κ2) is 7.43. The van der Waals surface area contributed by atoms with E-state index in [0.29, 0.717) is 16.3 Å². The molecule has 2 rings (SSSR count). The number of hydrogen-bond donors (Lipinski definition) is 1. The highest BCUT2D eigenvalue weighted by molar-refractivity contribution is 6.33. The Morgan fingerprint density at radius 2 is 1.96 bits per heavy atom. The quantitative estimate of drug-likeness (QED) is 0.872. The van der Waals surface area contributed by atoms with Crippen LogP contribution in [0.4, 0.5) is 5.69 Å². The maximum absolute atomic E-state index is 12.1. The summed E-state index contributed by atoms with van der Waals surface area (Å²) in [5.41, 5.74) is 0.989. The van der Waals surface area contributed by atoms with Gasteiger partial charge in [0.1, 0.15) is 0 Å². The van der Waals surface area contributed by atoms with Crippen LogP contribution in [0.5, 0.6) is 0 Å². The lowest BCUT2D eigenvalue weighted by molar-refractivity contribution is -0.123. The van der Waals surface area contributed by atoms with Gasteiger partial charge in [-0.15, -0.1) is 0 Å². The highest BCUT2D eigenvalue weighted by atomic mass is 35.5. The fraction of sp³-hybridized carbons (Fsp3) is 0.118. The van der Waals surface area contributed by atoms with Crippen molar-refractivity contribution in [3.05, 3.63) is 64.7 Å². The molecular formula is C17H13ClN2O3. The maximum Gasteiger partial charge on any atom is 0.338 e. The number of rotatable bonds is 4. The van der Waals surface area contributed by atoms with Gasteiger partial charge in [-0.3, -0.25) is 4.79 Å². The van der Waals surface area contributed by atoms with Crippen molar-refractivity contribution >= 4 is 29.2 Å². The van der Waals surface area contributed by atoms with E-state index in [0.717, 1.165) is 0 Å². The number of nitrogens with zero attached hydrogens (tertiary/aromatic N) is 1. The zero-order chi connectivity index (χ0) is 16.8. The molecule has 1 N–H and O–H groups in total. The molecule has 0 saturated heterocycles. The predicted octanol–water partition coefficient (Wildman–Crippen LogP) is 3.40. The van der Waals surface area contributed by atoms with Gasteiger partial charge in [-0.25, -0.2) is 4.79 Å². The summed E-state index contributed by atoms with van der Waals surface area (Å²) in [5, 5.41) is 11.8. The summed E-state index contributed by atoms with van der Waals surface area (Å²) < 4.78 is 5.11. The van der Waals surface area contributed by atoms with E-state index < -0.39 is 18.0 Å². The zero-order valence-electron chi connectivity index (χ0n) is 12.2. The van der Waals surface area contributed by atoms with Gasteiger partial charge >= 0.3 is 5.97 Å². The Bertz CT molecular complexity index is 783. The Kier molecular flexibility index (Phi) is 5.34. The van der Waals surface area contributed by atoms with Gasteiger partial charge in [0.05, 0.1) is 27.9 Å². The molecule has 0 spiro atoms. The van der Waals surface area contributed by atoms with Gasteiger partial charge in [0.2, 0.25) is 0 Å². The normalized spacial score (nSPS) is 11.2. The predicted molar refractivity (Wildman–Crippen MR) is 86.1 cm³/mol. The van der Waals surface area contributed by atoms with E-state index in [-0.39, 0.29) is 5.56 Å². The van der Waals surface area contributed by atoms with Gasteiger partial charge in [0.25, 0.3) is 5.91 Å².